The minimum absolute atomic E-state index is 0.311. The first-order valence-electron chi connectivity index (χ1n) is 7.32. The van der Waals surface area contributed by atoms with Crippen LogP contribution in [0.15, 0.2) is 36.5 Å². The maximum Gasteiger partial charge on any atom is 0.347 e. The molecule has 0 spiro atoms. The molecule has 1 aromatic heterocycles. The van der Waals surface area contributed by atoms with Crippen LogP contribution in [-0.4, -0.2) is 26.5 Å². The number of carboxylic acids is 1. The molecule has 0 aliphatic rings. The molecular formula is C17H22N2O3. The summed E-state index contributed by atoms with van der Waals surface area (Å²) in [5.74, 6) is -0.200. The number of carbonyl (C=O) groups is 1. The highest BCUT2D eigenvalue weighted by Gasteiger charge is 2.30. The van der Waals surface area contributed by atoms with Crippen molar-refractivity contribution in [2.75, 3.05) is 0 Å². The van der Waals surface area contributed by atoms with Crippen molar-refractivity contribution in [2.24, 2.45) is 0 Å². The van der Waals surface area contributed by atoms with Gasteiger partial charge in [0.1, 0.15) is 0 Å². The molecule has 0 amide bonds. The van der Waals surface area contributed by atoms with Crippen molar-refractivity contribution in [3.63, 3.8) is 0 Å². The molecular weight excluding hydrogens is 280 g/mol. The van der Waals surface area contributed by atoms with Gasteiger partial charge in [0, 0.05) is 12.3 Å². The van der Waals surface area contributed by atoms with E-state index in [0.29, 0.717) is 18.3 Å². The number of rotatable bonds is 6. The third-order valence-electron chi connectivity index (χ3n) is 3.48. The Kier molecular flexibility index (Phi) is 4.54. The molecule has 1 N–H and O–H groups in total. The van der Waals surface area contributed by atoms with E-state index in [2.05, 4.69) is 43.2 Å². The molecule has 22 heavy (non-hydrogen) atoms. The van der Waals surface area contributed by atoms with Crippen LogP contribution < -0.4 is 4.74 Å². The summed E-state index contributed by atoms with van der Waals surface area (Å²) in [6, 6.07) is 10.1. The van der Waals surface area contributed by atoms with Crippen LogP contribution in [0.2, 0.25) is 0 Å². The van der Waals surface area contributed by atoms with Crippen LogP contribution in [0.3, 0.4) is 0 Å². The number of ether oxygens (including phenoxy) is 1. The Hall–Kier alpha value is -2.30. The summed E-state index contributed by atoms with van der Waals surface area (Å²) in [6.45, 7) is 7.94. The van der Waals surface area contributed by atoms with E-state index in [1.54, 1.807) is 16.9 Å². The van der Waals surface area contributed by atoms with E-state index in [1.807, 2.05) is 0 Å². The second-order valence-electron chi connectivity index (χ2n) is 6.17. The van der Waals surface area contributed by atoms with Gasteiger partial charge in [-0.25, -0.2) is 4.79 Å². The summed E-state index contributed by atoms with van der Waals surface area (Å²) in [5, 5.41) is 13.3. The number of aliphatic carboxylic acids is 1. The van der Waals surface area contributed by atoms with Crippen molar-refractivity contribution in [3.8, 4) is 5.88 Å². The molecule has 0 saturated carbocycles. The smallest absolute Gasteiger partial charge is 0.347 e. The van der Waals surface area contributed by atoms with Crippen LogP contribution in [0, 0.1) is 0 Å². The third kappa shape index (κ3) is 3.87. The largest absolute Gasteiger partial charge is 0.478 e. The summed E-state index contributed by atoms with van der Waals surface area (Å²) in [6.07, 6.45) is 1.78. The van der Waals surface area contributed by atoms with Crippen molar-refractivity contribution < 1.29 is 14.6 Å². The lowest BCUT2D eigenvalue weighted by Gasteiger charge is -2.19. The van der Waals surface area contributed by atoms with Crippen molar-refractivity contribution in [1.82, 2.24) is 9.78 Å². The molecule has 0 aliphatic carbocycles. The Balaban J connectivity index is 2.04. The molecule has 2 aromatic rings. The number of hydrogen-bond acceptors (Lipinski definition) is 3. The fourth-order valence-corrected chi connectivity index (χ4v) is 1.99. The van der Waals surface area contributed by atoms with Gasteiger partial charge in [0.25, 0.3) is 0 Å². The fourth-order valence-electron chi connectivity index (χ4n) is 1.99. The zero-order chi connectivity index (χ0) is 16.3. The minimum atomic E-state index is -1.29. The lowest BCUT2D eigenvalue weighted by Crippen LogP contribution is -2.38. The highest BCUT2D eigenvalue weighted by Crippen LogP contribution is 2.18. The van der Waals surface area contributed by atoms with Crippen molar-refractivity contribution in [2.45, 2.75) is 45.8 Å². The van der Waals surface area contributed by atoms with E-state index < -0.39 is 11.6 Å². The molecule has 0 saturated heterocycles. The Morgan fingerprint density at radius 3 is 2.45 bits per heavy atom. The second kappa shape index (κ2) is 6.22. The highest BCUT2D eigenvalue weighted by molar-refractivity contribution is 5.76. The molecule has 0 bridgehead atoms. The normalized spacial score (nSPS) is 11.7. The topological polar surface area (TPSA) is 64.3 Å². The van der Waals surface area contributed by atoms with Crippen LogP contribution in [0.1, 0.15) is 44.7 Å². The zero-order valence-corrected chi connectivity index (χ0v) is 13.4. The Morgan fingerprint density at radius 2 is 1.91 bits per heavy atom. The van der Waals surface area contributed by atoms with E-state index in [9.17, 15) is 4.79 Å². The van der Waals surface area contributed by atoms with E-state index in [1.165, 1.54) is 19.4 Å². The van der Waals surface area contributed by atoms with Gasteiger partial charge in [0.15, 0.2) is 0 Å². The van der Waals surface area contributed by atoms with E-state index >= 15 is 0 Å². The van der Waals surface area contributed by atoms with Gasteiger partial charge < -0.3 is 9.84 Å². The van der Waals surface area contributed by atoms with Crippen molar-refractivity contribution >= 4 is 5.97 Å². The number of aromatic nitrogens is 2. The predicted octanol–water partition coefficient (Wildman–Crippen LogP) is 3.30. The van der Waals surface area contributed by atoms with Gasteiger partial charge in [0.05, 0.1) is 6.54 Å². The fraction of sp³-hybridized carbons (Fsp3) is 0.412. The summed E-state index contributed by atoms with van der Waals surface area (Å²) in [5.41, 5.74) is 1.14. The standard InChI is InChI=1S/C17H22N2O3/c1-12(2)14-7-5-13(6-8-14)11-19-10-9-15(18-19)22-17(3,4)16(20)21/h5-10,12H,11H2,1-4H3,(H,20,21). The van der Waals surface area contributed by atoms with Crippen LogP contribution in [-0.2, 0) is 11.3 Å². The molecule has 118 valence electrons. The SMILES string of the molecule is CC(C)c1ccc(Cn2ccc(OC(C)(C)C(=O)O)n2)cc1. The molecule has 0 unspecified atom stereocenters. The average Bonchev–Trinajstić information content (AvgIpc) is 2.85. The predicted molar refractivity (Wildman–Crippen MR) is 84.2 cm³/mol. The Morgan fingerprint density at radius 1 is 1.27 bits per heavy atom. The average molecular weight is 302 g/mol. The van der Waals surface area contributed by atoms with E-state index in [4.69, 9.17) is 9.84 Å². The third-order valence-corrected chi connectivity index (χ3v) is 3.48. The Bertz CT molecular complexity index is 642. The molecule has 0 atom stereocenters. The minimum Gasteiger partial charge on any atom is -0.478 e. The molecule has 0 aliphatic heterocycles. The van der Waals surface area contributed by atoms with Gasteiger partial charge in [-0.3, -0.25) is 4.68 Å². The molecule has 1 heterocycles. The molecule has 2 rings (SSSR count). The van der Waals surface area contributed by atoms with Crippen molar-refractivity contribution in [3.05, 3.63) is 47.7 Å². The lowest BCUT2D eigenvalue weighted by atomic mass is 10.0. The first kappa shape index (κ1) is 16.1. The summed E-state index contributed by atoms with van der Waals surface area (Å²) in [7, 11) is 0. The van der Waals surface area contributed by atoms with Gasteiger partial charge >= 0.3 is 5.97 Å². The number of carboxylic acid groups (broad SMARTS) is 1. The monoisotopic (exact) mass is 302 g/mol. The van der Waals surface area contributed by atoms with Crippen LogP contribution >= 0.6 is 0 Å². The van der Waals surface area contributed by atoms with Crippen molar-refractivity contribution in [1.29, 1.82) is 0 Å². The van der Waals surface area contributed by atoms with Gasteiger partial charge in [0.2, 0.25) is 11.5 Å². The first-order valence-corrected chi connectivity index (χ1v) is 7.32. The first-order chi connectivity index (χ1) is 10.3. The molecule has 1 aromatic carbocycles. The van der Waals surface area contributed by atoms with Crippen LogP contribution in [0.4, 0.5) is 0 Å². The summed E-state index contributed by atoms with van der Waals surface area (Å²) in [4.78, 5) is 11.1. The quantitative estimate of drug-likeness (QED) is 0.889. The van der Waals surface area contributed by atoms with Crippen LogP contribution in [0.25, 0.3) is 0 Å². The summed E-state index contributed by atoms with van der Waals surface area (Å²) >= 11 is 0. The maximum atomic E-state index is 11.1. The lowest BCUT2D eigenvalue weighted by molar-refractivity contribution is -0.152. The van der Waals surface area contributed by atoms with E-state index in [-0.39, 0.29) is 0 Å². The van der Waals surface area contributed by atoms with Gasteiger partial charge in [-0.05, 0) is 30.9 Å². The number of nitrogens with zero attached hydrogens (tertiary/aromatic N) is 2. The van der Waals surface area contributed by atoms with E-state index in [0.717, 1.165) is 5.56 Å². The molecule has 0 fully saturated rings. The number of benzene rings is 1. The zero-order valence-electron chi connectivity index (χ0n) is 13.4. The van der Waals surface area contributed by atoms with Crippen LogP contribution in [0.5, 0.6) is 5.88 Å². The highest BCUT2D eigenvalue weighted by atomic mass is 16.5. The maximum absolute atomic E-state index is 11.1. The van der Waals surface area contributed by atoms with Gasteiger partial charge in [-0.1, -0.05) is 38.1 Å². The second-order valence-corrected chi connectivity index (χ2v) is 6.17. The molecule has 0 radical (unpaired) electrons. The molecule has 5 heteroatoms. The number of hydrogen-bond donors (Lipinski definition) is 1. The summed E-state index contributed by atoms with van der Waals surface area (Å²) < 4.78 is 7.13. The van der Waals surface area contributed by atoms with Gasteiger partial charge in [-0.2, -0.15) is 0 Å². The molecule has 5 nitrogen and oxygen atoms in total. The van der Waals surface area contributed by atoms with Gasteiger partial charge in [-0.15, -0.1) is 5.10 Å². The Labute approximate surface area is 130 Å².